The lowest BCUT2D eigenvalue weighted by atomic mass is 9.95. The second kappa shape index (κ2) is 11.8. The van der Waals surface area contributed by atoms with Crippen molar-refractivity contribution in [1.82, 2.24) is 0 Å². The van der Waals surface area contributed by atoms with Gasteiger partial charge in [-0.2, -0.15) is 0 Å². The average molecular weight is 614 g/mol. The van der Waals surface area contributed by atoms with Crippen LogP contribution < -0.4 is 4.90 Å². The van der Waals surface area contributed by atoms with Gasteiger partial charge >= 0.3 is 0 Å². The Kier molecular flexibility index (Phi) is 6.84. The Labute approximate surface area is 279 Å². The first-order valence-corrected chi connectivity index (χ1v) is 16.3. The van der Waals surface area contributed by atoms with Crippen molar-refractivity contribution in [3.8, 4) is 33.4 Å². The van der Waals surface area contributed by atoms with Crippen molar-refractivity contribution in [1.29, 1.82) is 0 Å². The van der Waals surface area contributed by atoms with Gasteiger partial charge in [0, 0.05) is 22.1 Å². The maximum absolute atomic E-state index is 6.47. The van der Waals surface area contributed by atoms with E-state index >= 15 is 0 Å². The first-order valence-electron chi connectivity index (χ1n) is 16.3. The quantitative estimate of drug-likeness (QED) is 0.185. The predicted molar refractivity (Wildman–Crippen MR) is 202 cm³/mol. The topological polar surface area (TPSA) is 16.4 Å². The molecule has 0 fully saturated rings. The van der Waals surface area contributed by atoms with Gasteiger partial charge in [-0.15, -0.1) is 0 Å². The second-order valence-electron chi connectivity index (χ2n) is 12.2. The predicted octanol–water partition coefficient (Wildman–Crippen LogP) is 13.2. The minimum Gasteiger partial charge on any atom is -0.454 e. The summed E-state index contributed by atoms with van der Waals surface area (Å²) in [5.41, 5.74) is 12.1. The Balaban J connectivity index is 1.07. The van der Waals surface area contributed by atoms with Crippen LogP contribution in [0.3, 0.4) is 0 Å². The molecular weight excluding hydrogens is 583 g/mol. The van der Waals surface area contributed by atoms with Crippen LogP contribution in [-0.4, -0.2) is 0 Å². The van der Waals surface area contributed by atoms with E-state index in [1.807, 2.05) is 12.1 Å². The van der Waals surface area contributed by atoms with Crippen LogP contribution in [0.15, 0.2) is 192 Å². The zero-order chi connectivity index (χ0) is 31.9. The van der Waals surface area contributed by atoms with E-state index in [-0.39, 0.29) is 0 Å². The summed E-state index contributed by atoms with van der Waals surface area (Å²) in [5, 5.41) is 4.75. The van der Waals surface area contributed by atoms with Crippen molar-refractivity contribution < 1.29 is 4.42 Å². The summed E-state index contributed by atoms with van der Waals surface area (Å²) in [6.07, 6.45) is 0. The van der Waals surface area contributed by atoms with E-state index < -0.39 is 0 Å². The fourth-order valence-electron chi connectivity index (χ4n) is 6.84. The summed E-state index contributed by atoms with van der Waals surface area (Å²) in [6.45, 7) is 0. The molecule has 0 atom stereocenters. The lowest BCUT2D eigenvalue weighted by Crippen LogP contribution is -2.10. The van der Waals surface area contributed by atoms with E-state index in [4.69, 9.17) is 4.42 Å². The fraction of sp³-hybridized carbons (Fsp3) is 0. The van der Waals surface area contributed by atoms with Gasteiger partial charge in [-0.05, 0) is 98.8 Å². The monoisotopic (exact) mass is 613 g/mol. The molecule has 0 saturated carbocycles. The van der Waals surface area contributed by atoms with Crippen molar-refractivity contribution in [2.75, 3.05) is 4.90 Å². The Morgan fingerprint density at radius 2 is 0.875 bits per heavy atom. The molecule has 0 N–H and O–H groups in total. The molecule has 1 heterocycles. The second-order valence-corrected chi connectivity index (χ2v) is 12.2. The van der Waals surface area contributed by atoms with Gasteiger partial charge in [0.15, 0.2) is 5.58 Å². The molecule has 9 rings (SSSR count). The average Bonchev–Trinajstić information content (AvgIpc) is 3.55. The molecule has 0 bridgehead atoms. The highest BCUT2D eigenvalue weighted by atomic mass is 16.3. The van der Waals surface area contributed by atoms with E-state index in [9.17, 15) is 0 Å². The third-order valence-electron chi connectivity index (χ3n) is 9.24. The number of benzene rings is 8. The number of hydrogen-bond donors (Lipinski definition) is 0. The first kappa shape index (κ1) is 27.9. The summed E-state index contributed by atoms with van der Waals surface area (Å²) in [6, 6.07) is 66.9. The molecule has 2 nitrogen and oxygen atoms in total. The van der Waals surface area contributed by atoms with Crippen molar-refractivity contribution >= 4 is 49.8 Å². The van der Waals surface area contributed by atoms with Crippen molar-refractivity contribution in [3.63, 3.8) is 0 Å². The molecular formula is C46H31NO. The first-order chi connectivity index (χ1) is 23.8. The van der Waals surface area contributed by atoms with Crippen molar-refractivity contribution in [3.05, 3.63) is 188 Å². The Hall–Kier alpha value is -6.38. The van der Waals surface area contributed by atoms with Crippen molar-refractivity contribution in [2.45, 2.75) is 0 Å². The lowest BCUT2D eigenvalue weighted by Gasteiger charge is -2.25. The standard InChI is InChI=1S/C46H31NO/c1-2-17-40(18-3-1)47(44-21-10-20-43-42-19-6-7-22-45(42)48-46(43)44)41-27-25-33(26-28-41)35-13-8-14-36(29-35)37-15-9-16-38(31-37)39-24-23-32-11-4-5-12-34(32)30-39/h1-31H. The van der Waals surface area contributed by atoms with E-state index in [0.29, 0.717) is 0 Å². The highest BCUT2D eigenvalue weighted by Crippen LogP contribution is 2.42. The maximum atomic E-state index is 6.47. The number of para-hydroxylation sites is 3. The third kappa shape index (κ3) is 5.01. The molecule has 2 heteroatoms. The van der Waals surface area contributed by atoms with Crippen LogP contribution in [0.25, 0.3) is 66.1 Å². The molecule has 0 aliphatic heterocycles. The number of fused-ring (bicyclic) bond motifs is 4. The normalized spacial score (nSPS) is 11.3. The molecule has 226 valence electrons. The highest BCUT2D eigenvalue weighted by Gasteiger charge is 2.19. The SMILES string of the molecule is c1ccc(N(c2ccc(-c3cccc(-c4cccc(-c5ccc6ccccc6c5)c4)c3)cc2)c2cccc3c2oc2ccccc23)cc1. The zero-order valence-electron chi connectivity index (χ0n) is 26.3. The van der Waals surface area contributed by atoms with Gasteiger partial charge < -0.3 is 9.32 Å². The van der Waals surface area contributed by atoms with Gasteiger partial charge in [0.2, 0.25) is 0 Å². The summed E-state index contributed by atoms with van der Waals surface area (Å²) in [4.78, 5) is 2.28. The van der Waals surface area contributed by atoms with E-state index in [1.165, 1.54) is 44.2 Å². The van der Waals surface area contributed by atoms with E-state index in [0.717, 1.165) is 39.0 Å². The minimum absolute atomic E-state index is 0.880. The molecule has 48 heavy (non-hydrogen) atoms. The minimum atomic E-state index is 0.880. The molecule has 9 aromatic rings. The molecule has 0 spiro atoms. The smallest absolute Gasteiger partial charge is 0.159 e. The molecule has 0 radical (unpaired) electrons. The van der Waals surface area contributed by atoms with Gasteiger partial charge in [0.05, 0.1) is 5.69 Å². The Morgan fingerprint density at radius 1 is 0.333 bits per heavy atom. The maximum Gasteiger partial charge on any atom is 0.159 e. The Bertz CT molecular complexity index is 2560. The summed E-state index contributed by atoms with van der Waals surface area (Å²) < 4.78 is 6.47. The number of rotatable bonds is 6. The number of furan rings is 1. The van der Waals surface area contributed by atoms with Crippen LogP contribution in [0.1, 0.15) is 0 Å². The van der Waals surface area contributed by atoms with Gasteiger partial charge in [-0.3, -0.25) is 0 Å². The van der Waals surface area contributed by atoms with Crippen LogP contribution in [0.4, 0.5) is 17.1 Å². The van der Waals surface area contributed by atoms with Gasteiger partial charge in [-0.1, -0.05) is 133 Å². The molecule has 8 aromatic carbocycles. The summed E-state index contributed by atoms with van der Waals surface area (Å²) >= 11 is 0. The van der Waals surface area contributed by atoms with Crippen LogP contribution >= 0.6 is 0 Å². The van der Waals surface area contributed by atoms with Crippen LogP contribution in [0, 0.1) is 0 Å². The van der Waals surface area contributed by atoms with Crippen molar-refractivity contribution in [2.24, 2.45) is 0 Å². The van der Waals surface area contributed by atoms with E-state index in [1.54, 1.807) is 0 Å². The third-order valence-corrected chi connectivity index (χ3v) is 9.24. The summed E-state index contributed by atoms with van der Waals surface area (Å²) in [5.74, 6) is 0. The van der Waals surface area contributed by atoms with Gasteiger partial charge in [0.25, 0.3) is 0 Å². The lowest BCUT2D eigenvalue weighted by molar-refractivity contribution is 0.669. The fourth-order valence-corrected chi connectivity index (χ4v) is 6.84. The molecule has 0 saturated heterocycles. The van der Waals surface area contributed by atoms with Crippen LogP contribution in [0.5, 0.6) is 0 Å². The van der Waals surface area contributed by atoms with Gasteiger partial charge in [-0.25, -0.2) is 0 Å². The molecule has 1 aromatic heterocycles. The Morgan fingerprint density at radius 3 is 1.62 bits per heavy atom. The molecule has 0 aliphatic carbocycles. The molecule has 0 aliphatic rings. The number of anilines is 3. The largest absolute Gasteiger partial charge is 0.454 e. The number of nitrogens with zero attached hydrogens (tertiary/aromatic N) is 1. The summed E-state index contributed by atoms with van der Waals surface area (Å²) in [7, 11) is 0. The van der Waals surface area contributed by atoms with Crippen LogP contribution in [-0.2, 0) is 0 Å². The van der Waals surface area contributed by atoms with Gasteiger partial charge in [0.1, 0.15) is 5.58 Å². The number of hydrogen-bond acceptors (Lipinski definition) is 2. The van der Waals surface area contributed by atoms with E-state index in [2.05, 4.69) is 181 Å². The zero-order valence-corrected chi connectivity index (χ0v) is 26.3. The van der Waals surface area contributed by atoms with Crippen LogP contribution in [0.2, 0.25) is 0 Å². The molecule has 0 unspecified atom stereocenters. The highest BCUT2D eigenvalue weighted by molar-refractivity contribution is 6.10. The molecule has 0 amide bonds.